The number of methoxy groups -OCH3 is 1. The van der Waals surface area contributed by atoms with Crippen LogP contribution in [-0.4, -0.2) is 22.6 Å². The lowest BCUT2D eigenvalue weighted by Crippen LogP contribution is -2.25. The number of carbonyl (C=O) groups is 1. The maximum absolute atomic E-state index is 12.5. The molecule has 0 aliphatic rings. The molecule has 134 valence electrons. The summed E-state index contributed by atoms with van der Waals surface area (Å²) in [6, 6.07) is 12.7. The lowest BCUT2D eigenvalue weighted by Gasteiger charge is -2.11. The van der Waals surface area contributed by atoms with E-state index < -0.39 is 0 Å². The third-order valence-corrected chi connectivity index (χ3v) is 4.27. The van der Waals surface area contributed by atoms with Crippen molar-refractivity contribution in [2.24, 2.45) is 0 Å². The van der Waals surface area contributed by atoms with E-state index in [1.54, 1.807) is 36.8 Å². The largest absolute Gasteiger partial charge is 0.497 e. The summed E-state index contributed by atoms with van der Waals surface area (Å²) in [4.78, 5) is 29.0. The highest BCUT2D eigenvalue weighted by Crippen LogP contribution is 2.15. The maximum Gasteiger partial charge on any atom is 0.272 e. The fourth-order valence-corrected chi connectivity index (χ4v) is 2.90. The quantitative estimate of drug-likeness (QED) is 0.767. The van der Waals surface area contributed by atoms with E-state index in [0.717, 1.165) is 16.8 Å². The molecule has 0 aliphatic heterocycles. The Balaban J connectivity index is 1.84. The van der Waals surface area contributed by atoms with Crippen LogP contribution < -0.4 is 15.6 Å². The third kappa shape index (κ3) is 3.44. The molecule has 6 heteroatoms. The molecule has 6 nitrogen and oxygen atoms in total. The lowest BCUT2D eigenvalue weighted by molar-refractivity contribution is 0.0951. The molecule has 1 N–H and O–H groups in total. The summed E-state index contributed by atoms with van der Waals surface area (Å²) in [6.45, 7) is 4.55. The molecule has 1 amide bonds. The van der Waals surface area contributed by atoms with Crippen molar-refractivity contribution in [3.05, 3.63) is 69.6 Å². The smallest absolute Gasteiger partial charge is 0.272 e. The first-order valence-electron chi connectivity index (χ1n) is 8.45. The average molecular weight is 351 g/mol. The number of fused-ring (bicyclic) bond motifs is 1. The Morgan fingerprint density at radius 1 is 1.23 bits per heavy atom. The van der Waals surface area contributed by atoms with Crippen LogP contribution in [0.1, 0.15) is 28.5 Å². The molecule has 0 bridgehead atoms. The molecule has 0 saturated heterocycles. The molecular weight excluding hydrogens is 330 g/mol. The minimum absolute atomic E-state index is 0.102. The Morgan fingerprint density at radius 3 is 2.77 bits per heavy atom. The van der Waals surface area contributed by atoms with Gasteiger partial charge in [-0.15, -0.1) is 0 Å². The highest BCUT2D eigenvalue weighted by molar-refractivity contribution is 5.97. The standard InChI is InChI=1S/C20H21N3O3/c1-4-23-18-9-8-15(11-17(18)22-13(2)20(23)25)19(24)21-12-14-6-5-7-16(10-14)26-3/h5-11H,4,12H2,1-3H3,(H,21,24). The number of aromatic nitrogens is 2. The summed E-state index contributed by atoms with van der Waals surface area (Å²) in [7, 11) is 1.61. The van der Waals surface area contributed by atoms with Crippen LogP contribution in [0.5, 0.6) is 5.75 Å². The van der Waals surface area contributed by atoms with Gasteiger partial charge in [0.1, 0.15) is 11.4 Å². The van der Waals surface area contributed by atoms with Crippen molar-refractivity contribution in [1.82, 2.24) is 14.9 Å². The molecule has 0 atom stereocenters. The van der Waals surface area contributed by atoms with Gasteiger partial charge in [-0.2, -0.15) is 0 Å². The van der Waals surface area contributed by atoms with Gasteiger partial charge in [-0.05, 0) is 49.7 Å². The fraction of sp³-hybridized carbons (Fsp3) is 0.250. The van der Waals surface area contributed by atoms with E-state index in [4.69, 9.17) is 4.74 Å². The van der Waals surface area contributed by atoms with Crippen molar-refractivity contribution >= 4 is 16.9 Å². The number of ether oxygens (including phenoxy) is 1. The Bertz CT molecular complexity index is 1020. The SMILES string of the molecule is CCn1c(=O)c(C)nc2cc(C(=O)NCc3cccc(OC)c3)ccc21. The van der Waals surface area contributed by atoms with Gasteiger partial charge in [0, 0.05) is 18.7 Å². The zero-order chi connectivity index (χ0) is 18.7. The molecule has 2 aromatic carbocycles. The van der Waals surface area contributed by atoms with E-state index in [9.17, 15) is 9.59 Å². The number of rotatable bonds is 5. The minimum atomic E-state index is -0.191. The number of hydrogen-bond donors (Lipinski definition) is 1. The second-order valence-electron chi connectivity index (χ2n) is 5.98. The molecule has 0 radical (unpaired) electrons. The summed E-state index contributed by atoms with van der Waals surface area (Å²) in [5.74, 6) is 0.558. The van der Waals surface area contributed by atoms with Crippen LogP contribution in [0.3, 0.4) is 0 Å². The summed E-state index contributed by atoms with van der Waals surface area (Å²) in [5, 5.41) is 2.90. The van der Waals surface area contributed by atoms with Crippen LogP contribution in [-0.2, 0) is 13.1 Å². The van der Waals surface area contributed by atoms with Crippen LogP contribution in [0.15, 0.2) is 47.3 Å². The van der Waals surface area contributed by atoms with Gasteiger partial charge in [0.05, 0.1) is 18.1 Å². The fourth-order valence-electron chi connectivity index (χ4n) is 2.90. The predicted octanol–water partition coefficient (Wildman–Crippen LogP) is 2.66. The lowest BCUT2D eigenvalue weighted by atomic mass is 10.1. The van der Waals surface area contributed by atoms with Crippen molar-refractivity contribution in [3.63, 3.8) is 0 Å². The molecule has 0 fully saturated rings. The Morgan fingerprint density at radius 2 is 2.04 bits per heavy atom. The molecule has 1 heterocycles. The molecule has 3 rings (SSSR count). The molecule has 26 heavy (non-hydrogen) atoms. The van der Waals surface area contributed by atoms with Crippen LogP contribution in [0, 0.1) is 6.92 Å². The highest BCUT2D eigenvalue weighted by Gasteiger charge is 2.11. The summed E-state index contributed by atoms with van der Waals surface area (Å²) in [5.41, 5.74) is 3.15. The Kier molecular flexibility index (Phi) is 5.02. The van der Waals surface area contributed by atoms with Gasteiger partial charge in [-0.3, -0.25) is 9.59 Å². The predicted molar refractivity (Wildman–Crippen MR) is 101 cm³/mol. The summed E-state index contributed by atoms with van der Waals surface area (Å²) < 4.78 is 6.85. The van der Waals surface area contributed by atoms with Gasteiger partial charge >= 0.3 is 0 Å². The molecule has 0 aliphatic carbocycles. The molecule has 0 unspecified atom stereocenters. The zero-order valence-corrected chi connectivity index (χ0v) is 15.1. The Labute approximate surface area is 151 Å². The summed E-state index contributed by atoms with van der Waals surface area (Å²) in [6.07, 6.45) is 0. The van der Waals surface area contributed by atoms with Crippen molar-refractivity contribution in [3.8, 4) is 5.75 Å². The number of benzene rings is 2. The molecule has 1 aromatic heterocycles. The summed E-state index contributed by atoms with van der Waals surface area (Å²) >= 11 is 0. The molecule has 0 spiro atoms. The number of nitrogens with zero attached hydrogens (tertiary/aromatic N) is 2. The average Bonchev–Trinajstić information content (AvgIpc) is 2.67. The van der Waals surface area contributed by atoms with E-state index >= 15 is 0 Å². The van der Waals surface area contributed by atoms with Crippen LogP contribution in [0.25, 0.3) is 11.0 Å². The second kappa shape index (κ2) is 7.39. The van der Waals surface area contributed by atoms with Crippen molar-refractivity contribution in [2.75, 3.05) is 7.11 Å². The van der Waals surface area contributed by atoms with Crippen LogP contribution in [0.2, 0.25) is 0 Å². The van der Waals surface area contributed by atoms with E-state index in [-0.39, 0.29) is 11.5 Å². The third-order valence-electron chi connectivity index (χ3n) is 4.27. The van der Waals surface area contributed by atoms with E-state index in [1.165, 1.54) is 0 Å². The highest BCUT2D eigenvalue weighted by atomic mass is 16.5. The van der Waals surface area contributed by atoms with Gasteiger partial charge < -0.3 is 14.6 Å². The van der Waals surface area contributed by atoms with Gasteiger partial charge in [-0.1, -0.05) is 12.1 Å². The first kappa shape index (κ1) is 17.7. The van der Waals surface area contributed by atoms with Crippen LogP contribution >= 0.6 is 0 Å². The van der Waals surface area contributed by atoms with Gasteiger partial charge in [0.25, 0.3) is 11.5 Å². The number of hydrogen-bond acceptors (Lipinski definition) is 4. The minimum Gasteiger partial charge on any atom is -0.497 e. The molecule has 3 aromatic rings. The first-order valence-corrected chi connectivity index (χ1v) is 8.45. The van der Waals surface area contributed by atoms with Gasteiger partial charge in [-0.25, -0.2) is 4.98 Å². The van der Waals surface area contributed by atoms with Gasteiger partial charge in [0.15, 0.2) is 0 Å². The maximum atomic E-state index is 12.5. The monoisotopic (exact) mass is 351 g/mol. The number of amides is 1. The topological polar surface area (TPSA) is 73.2 Å². The van der Waals surface area contributed by atoms with Crippen molar-refractivity contribution in [1.29, 1.82) is 0 Å². The first-order chi connectivity index (χ1) is 12.5. The molecular formula is C20H21N3O3. The molecule has 0 saturated carbocycles. The number of nitrogens with one attached hydrogen (secondary N) is 1. The zero-order valence-electron chi connectivity index (χ0n) is 15.1. The van der Waals surface area contributed by atoms with Gasteiger partial charge in [0.2, 0.25) is 0 Å². The number of carbonyl (C=O) groups excluding carboxylic acids is 1. The van der Waals surface area contributed by atoms with Crippen molar-refractivity contribution < 1.29 is 9.53 Å². The number of aryl methyl sites for hydroxylation is 2. The van der Waals surface area contributed by atoms with Crippen LogP contribution in [0.4, 0.5) is 0 Å². The Hall–Kier alpha value is -3.15. The van der Waals surface area contributed by atoms with E-state index in [0.29, 0.717) is 29.9 Å². The van der Waals surface area contributed by atoms with Crippen molar-refractivity contribution in [2.45, 2.75) is 26.9 Å². The second-order valence-corrected chi connectivity index (χ2v) is 5.98. The van der Waals surface area contributed by atoms with E-state index in [2.05, 4.69) is 10.3 Å². The van der Waals surface area contributed by atoms with E-state index in [1.807, 2.05) is 31.2 Å². The normalized spacial score (nSPS) is 10.7.